The van der Waals surface area contributed by atoms with Crippen LogP contribution in [0.25, 0.3) is 5.69 Å². The van der Waals surface area contributed by atoms with E-state index in [-0.39, 0.29) is 0 Å². The van der Waals surface area contributed by atoms with E-state index in [0.717, 1.165) is 11.5 Å². The third-order valence-electron chi connectivity index (χ3n) is 2.43. The zero-order valence-corrected chi connectivity index (χ0v) is 10.7. The first-order valence-electron chi connectivity index (χ1n) is 5.03. The fourth-order valence-electron chi connectivity index (χ4n) is 1.60. The highest BCUT2D eigenvalue weighted by Gasteiger charge is 2.07. The maximum atomic E-state index is 5.22. The number of ether oxygens (including phenoxy) is 2. The molecule has 17 heavy (non-hydrogen) atoms. The molecule has 0 amide bonds. The van der Waals surface area contributed by atoms with Crippen LogP contribution in [0, 0.1) is 11.7 Å². The van der Waals surface area contributed by atoms with Gasteiger partial charge >= 0.3 is 0 Å². The van der Waals surface area contributed by atoms with Crippen LogP contribution < -0.4 is 9.47 Å². The number of hydrogen-bond acceptors (Lipinski definition) is 4. The molecule has 0 aliphatic heterocycles. The molecule has 0 radical (unpaired) electrons. The van der Waals surface area contributed by atoms with Crippen LogP contribution in [-0.2, 0) is 0 Å². The molecule has 0 fully saturated rings. The molecule has 5 nitrogen and oxygen atoms in total. The van der Waals surface area contributed by atoms with Crippen LogP contribution in [0.5, 0.6) is 11.5 Å². The molecule has 1 aromatic carbocycles. The molecule has 6 heteroatoms. The molecule has 0 spiro atoms. The minimum atomic E-state index is 0.540. The molecular formula is C11H13N3O2S. The summed E-state index contributed by atoms with van der Waals surface area (Å²) < 4.78 is 12.8. The summed E-state index contributed by atoms with van der Waals surface area (Å²) in [5, 5.41) is 6.81. The van der Waals surface area contributed by atoms with Gasteiger partial charge in [0.15, 0.2) is 4.77 Å². The predicted molar refractivity (Wildman–Crippen MR) is 66.6 cm³/mol. The zero-order chi connectivity index (χ0) is 12.4. The van der Waals surface area contributed by atoms with Gasteiger partial charge < -0.3 is 9.47 Å². The predicted octanol–water partition coefficient (Wildman–Crippen LogP) is 2.26. The van der Waals surface area contributed by atoms with E-state index >= 15 is 0 Å². The molecule has 1 N–H and O–H groups in total. The summed E-state index contributed by atoms with van der Waals surface area (Å²) in [5.41, 5.74) is 0.859. The van der Waals surface area contributed by atoms with Crippen molar-refractivity contribution < 1.29 is 9.47 Å². The van der Waals surface area contributed by atoms with Crippen molar-refractivity contribution in [2.75, 3.05) is 14.2 Å². The van der Waals surface area contributed by atoms with Crippen molar-refractivity contribution in [2.45, 2.75) is 6.92 Å². The summed E-state index contributed by atoms with van der Waals surface area (Å²) in [7, 11) is 3.22. The second-order valence-corrected chi connectivity index (χ2v) is 3.87. The van der Waals surface area contributed by atoms with Crippen molar-refractivity contribution in [3.05, 3.63) is 28.8 Å². The van der Waals surface area contributed by atoms with Crippen LogP contribution in [-0.4, -0.2) is 29.0 Å². The highest BCUT2D eigenvalue weighted by atomic mass is 32.1. The number of nitrogens with one attached hydrogen (secondary N) is 1. The van der Waals surface area contributed by atoms with E-state index in [1.807, 2.05) is 29.7 Å². The third kappa shape index (κ3) is 2.16. The summed E-state index contributed by atoms with van der Waals surface area (Å²) >= 11 is 5.18. The Bertz CT molecular complexity index is 566. The van der Waals surface area contributed by atoms with Gasteiger partial charge in [-0.3, -0.25) is 9.67 Å². The van der Waals surface area contributed by atoms with Gasteiger partial charge in [0.1, 0.15) is 17.3 Å². The number of methoxy groups -OCH3 is 2. The highest BCUT2D eigenvalue weighted by molar-refractivity contribution is 7.71. The molecule has 0 unspecified atom stereocenters. The second kappa shape index (κ2) is 4.58. The van der Waals surface area contributed by atoms with Crippen LogP contribution >= 0.6 is 12.2 Å². The molecule has 90 valence electrons. The summed E-state index contributed by atoms with van der Waals surface area (Å²) in [6.45, 7) is 1.87. The lowest BCUT2D eigenvalue weighted by Crippen LogP contribution is -1.99. The lowest BCUT2D eigenvalue weighted by atomic mass is 10.2. The minimum absolute atomic E-state index is 0.540. The monoisotopic (exact) mass is 251 g/mol. The molecule has 0 atom stereocenters. The Balaban J connectivity index is 2.63. The van der Waals surface area contributed by atoms with Crippen LogP contribution in [0.1, 0.15) is 5.82 Å². The van der Waals surface area contributed by atoms with E-state index in [2.05, 4.69) is 10.2 Å². The quantitative estimate of drug-likeness (QED) is 0.850. The Morgan fingerprint density at radius 1 is 1.18 bits per heavy atom. The van der Waals surface area contributed by atoms with Gasteiger partial charge in [0.2, 0.25) is 0 Å². The standard InChI is InChI=1S/C11H13N3O2S/c1-7-12-13-11(17)14(7)8-4-9(15-2)6-10(5-8)16-3/h4-6H,1-3H3,(H,13,17). The minimum Gasteiger partial charge on any atom is -0.497 e. The average molecular weight is 251 g/mol. The van der Waals surface area contributed by atoms with E-state index < -0.39 is 0 Å². The maximum Gasteiger partial charge on any atom is 0.199 e. The van der Waals surface area contributed by atoms with Crippen molar-refractivity contribution >= 4 is 12.2 Å². The second-order valence-electron chi connectivity index (χ2n) is 3.48. The van der Waals surface area contributed by atoms with Gasteiger partial charge in [0.25, 0.3) is 0 Å². The van der Waals surface area contributed by atoms with Crippen molar-refractivity contribution in [1.29, 1.82) is 0 Å². The Hall–Kier alpha value is -1.82. The first-order chi connectivity index (χ1) is 8.15. The van der Waals surface area contributed by atoms with Crippen molar-refractivity contribution in [3.63, 3.8) is 0 Å². The van der Waals surface area contributed by atoms with E-state index in [0.29, 0.717) is 16.3 Å². The number of rotatable bonds is 3. The summed E-state index contributed by atoms with van der Waals surface area (Å²) in [5.74, 6) is 2.20. The fraction of sp³-hybridized carbons (Fsp3) is 0.273. The van der Waals surface area contributed by atoms with Crippen molar-refractivity contribution in [1.82, 2.24) is 14.8 Å². The SMILES string of the molecule is COc1cc(OC)cc(-n2c(C)n[nH]c2=S)c1. The van der Waals surface area contributed by atoms with Gasteiger partial charge in [0, 0.05) is 18.2 Å². The van der Waals surface area contributed by atoms with E-state index in [4.69, 9.17) is 21.7 Å². The Labute approximate surface area is 104 Å². The lowest BCUT2D eigenvalue weighted by Gasteiger charge is -2.09. The third-order valence-corrected chi connectivity index (χ3v) is 2.71. The Morgan fingerprint density at radius 2 is 1.76 bits per heavy atom. The van der Waals surface area contributed by atoms with Crippen LogP contribution in [0.2, 0.25) is 0 Å². The smallest absolute Gasteiger partial charge is 0.199 e. The Kier molecular flexibility index (Phi) is 3.14. The summed E-state index contributed by atoms with van der Waals surface area (Å²) in [4.78, 5) is 0. The Morgan fingerprint density at radius 3 is 2.18 bits per heavy atom. The number of benzene rings is 1. The molecule has 0 saturated carbocycles. The maximum absolute atomic E-state index is 5.22. The first kappa shape index (κ1) is 11.7. The van der Waals surface area contributed by atoms with Gasteiger partial charge in [-0.15, -0.1) is 0 Å². The molecule has 1 heterocycles. The van der Waals surface area contributed by atoms with E-state index in [9.17, 15) is 0 Å². The number of aromatic nitrogens is 3. The molecule has 0 bridgehead atoms. The highest BCUT2D eigenvalue weighted by Crippen LogP contribution is 2.25. The average Bonchev–Trinajstić information content (AvgIpc) is 2.68. The lowest BCUT2D eigenvalue weighted by molar-refractivity contribution is 0.394. The zero-order valence-electron chi connectivity index (χ0n) is 9.85. The fourth-order valence-corrected chi connectivity index (χ4v) is 1.88. The number of nitrogens with zero attached hydrogens (tertiary/aromatic N) is 2. The number of hydrogen-bond donors (Lipinski definition) is 1. The number of aromatic amines is 1. The van der Waals surface area contributed by atoms with E-state index in [1.54, 1.807) is 14.2 Å². The van der Waals surface area contributed by atoms with Gasteiger partial charge in [0.05, 0.1) is 19.9 Å². The molecule has 1 aromatic heterocycles. The molecule has 0 aliphatic rings. The number of aryl methyl sites for hydroxylation is 1. The molecule has 2 aromatic rings. The van der Waals surface area contributed by atoms with Gasteiger partial charge in [-0.2, -0.15) is 5.10 Å². The van der Waals surface area contributed by atoms with Crippen molar-refractivity contribution in [3.8, 4) is 17.2 Å². The largest absolute Gasteiger partial charge is 0.497 e. The van der Waals surface area contributed by atoms with Crippen molar-refractivity contribution in [2.24, 2.45) is 0 Å². The van der Waals surface area contributed by atoms with Crippen LogP contribution in [0.3, 0.4) is 0 Å². The molecule has 2 rings (SSSR count). The van der Waals surface area contributed by atoms with Gasteiger partial charge in [-0.05, 0) is 19.1 Å². The molecular weight excluding hydrogens is 238 g/mol. The first-order valence-corrected chi connectivity index (χ1v) is 5.44. The van der Waals surface area contributed by atoms with Gasteiger partial charge in [-0.1, -0.05) is 0 Å². The normalized spacial score (nSPS) is 10.3. The van der Waals surface area contributed by atoms with Gasteiger partial charge in [-0.25, -0.2) is 0 Å². The molecule has 0 aliphatic carbocycles. The molecule has 0 saturated heterocycles. The summed E-state index contributed by atoms with van der Waals surface area (Å²) in [6, 6.07) is 5.56. The summed E-state index contributed by atoms with van der Waals surface area (Å²) in [6.07, 6.45) is 0. The van der Waals surface area contributed by atoms with Crippen LogP contribution in [0.4, 0.5) is 0 Å². The van der Waals surface area contributed by atoms with E-state index in [1.165, 1.54) is 0 Å². The van der Waals surface area contributed by atoms with Crippen LogP contribution in [0.15, 0.2) is 18.2 Å². The topological polar surface area (TPSA) is 52.1 Å². The number of H-pyrrole nitrogens is 1.